The van der Waals surface area contributed by atoms with Gasteiger partial charge in [-0.25, -0.2) is 0 Å². The van der Waals surface area contributed by atoms with Gasteiger partial charge in [-0.15, -0.1) is 11.8 Å². The molecule has 0 N–H and O–H groups in total. The Morgan fingerprint density at radius 3 is 2.53 bits per heavy atom. The van der Waals surface area contributed by atoms with Crippen molar-refractivity contribution in [3.8, 4) is 5.75 Å². The first-order valence-electron chi connectivity index (χ1n) is 11.8. The van der Waals surface area contributed by atoms with Crippen LogP contribution >= 0.6 is 11.8 Å². The van der Waals surface area contributed by atoms with Crippen molar-refractivity contribution in [3.05, 3.63) is 54.1 Å². The summed E-state index contributed by atoms with van der Waals surface area (Å²) in [6.07, 6.45) is 0. The van der Waals surface area contributed by atoms with Gasteiger partial charge in [0.25, 0.3) is 0 Å². The second-order valence-electron chi connectivity index (χ2n) is 9.67. The third-order valence-electron chi connectivity index (χ3n) is 6.01. The van der Waals surface area contributed by atoms with Gasteiger partial charge in [0.2, 0.25) is 0 Å². The molecule has 0 aliphatic carbocycles. The quantitative estimate of drug-likeness (QED) is 0.429. The Morgan fingerprint density at radius 2 is 1.84 bits per heavy atom. The highest BCUT2D eigenvalue weighted by Gasteiger charge is 2.31. The summed E-state index contributed by atoms with van der Waals surface area (Å²) >= 11 is 1.95. The Morgan fingerprint density at radius 1 is 1.09 bits per heavy atom. The Balaban J connectivity index is 1.91. The van der Waals surface area contributed by atoms with Crippen LogP contribution in [-0.4, -0.2) is 56.7 Å². The van der Waals surface area contributed by atoms with Gasteiger partial charge in [-0.2, -0.15) is 0 Å². The summed E-state index contributed by atoms with van der Waals surface area (Å²) in [5.41, 5.74) is 2.80. The molecule has 2 aromatic carbocycles. The highest BCUT2D eigenvalue weighted by atomic mass is 32.2. The molecule has 0 bridgehead atoms. The summed E-state index contributed by atoms with van der Waals surface area (Å²) in [4.78, 5) is 6.50. The van der Waals surface area contributed by atoms with Crippen molar-refractivity contribution < 1.29 is 9.47 Å². The predicted octanol–water partition coefficient (Wildman–Crippen LogP) is 6.12. The van der Waals surface area contributed by atoms with Crippen molar-refractivity contribution >= 4 is 17.4 Å². The molecule has 176 valence electrons. The van der Waals surface area contributed by atoms with Crippen molar-refractivity contribution in [1.29, 1.82) is 0 Å². The maximum atomic E-state index is 6.26. The zero-order valence-corrected chi connectivity index (χ0v) is 21.5. The summed E-state index contributed by atoms with van der Waals surface area (Å²) in [6, 6.07) is 18.0. The number of rotatable bonds is 10. The standard InChI is InChI=1S/C27H40N2O2S/c1-7-28(8-2)22(18-31-20-27(3,4)5)17-29-24-14-9-10-15-26(24)32-19-25(29)21-12-11-13-23(16-21)30-6/h9-16,22,25H,7-8,17-20H2,1-6H3. The van der Waals surface area contributed by atoms with E-state index >= 15 is 0 Å². The van der Waals surface area contributed by atoms with Crippen LogP contribution in [0.25, 0.3) is 0 Å². The minimum Gasteiger partial charge on any atom is -0.497 e. The van der Waals surface area contributed by atoms with E-state index in [2.05, 4.69) is 86.9 Å². The van der Waals surface area contributed by atoms with Crippen LogP contribution < -0.4 is 9.64 Å². The first-order chi connectivity index (χ1) is 15.4. The average molecular weight is 457 g/mol. The minimum atomic E-state index is 0.172. The van der Waals surface area contributed by atoms with E-state index in [0.717, 1.165) is 44.4 Å². The number of methoxy groups -OCH3 is 1. The van der Waals surface area contributed by atoms with E-state index in [1.807, 2.05) is 17.8 Å². The molecule has 1 aliphatic rings. The van der Waals surface area contributed by atoms with Gasteiger partial charge in [0.1, 0.15) is 5.75 Å². The summed E-state index contributed by atoms with van der Waals surface area (Å²) in [7, 11) is 1.74. The fourth-order valence-corrected chi connectivity index (χ4v) is 5.55. The van der Waals surface area contributed by atoms with Gasteiger partial charge in [0.05, 0.1) is 38.1 Å². The number of thioether (sulfide) groups is 1. The second kappa shape index (κ2) is 11.4. The van der Waals surface area contributed by atoms with E-state index in [4.69, 9.17) is 9.47 Å². The van der Waals surface area contributed by atoms with Crippen molar-refractivity contribution in [3.63, 3.8) is 0 Å². The number of benzene rings is 2. The smallest absolute Gasteiger partial charge is 0.119 e. The predicted molar refractivity (Wildman–Crippen MR) is 137 cm³/mol. The van der Waals surface area contributed by atoms with Gasteiger partial charge in [0.15, 0.2) is 0 Å². The molecular weight excluding hydrogens is 416 g/mol. The first-order valence-corrected chi connectivity index (χ1v) is 12.8. The minimum absolute atomic E-state index is 0.172. The number of anilines is 1. The van der Waals surface area contributed by atoms with Crippen LogP contribution in [0.15, 0.2) is 53.4 Å². The van der Waals surface area contributed by atoms with Crippen LogP contribution in [-0.2, 0) is 4.74 Å². The number of hydrogen-bond acceptors (Lipinski definition) is 5. The average Bonchev–Trinajstić information content (AvgIpc) is 2.79. The molecule has 2 unspecified atom stereocenters. The fourth-order valence-electron chi connectivity index (χ4n) is 4.34. The first kappa shape index (κ1) is 24.9. The molecular formula is C27H40N2O2S. The molecule has 3 rings (SSSR count). The van der Waals surface area contributed by atoms with Crippen LogP contribution in [0.2, 0.25) is 0 Å². The molecule has 0 spiro atoms. The molecule has 0 fully saturated rings. The summed E-state index contributed by atoms with van der Waals surface area (Å²) < 4.78 is 11.8. The zero-order chi connectivity index (χ0) is 23.1. The molecule has 2 aromatic rings. The van der Waals surface area contributed by atoms with Gasteiger partial charge in [-0.3, -0.25) is 4.90 Å². The monoisotopic (exact) mass is 456 g/mol. The van der Waals surface area contributed by atoms with Crippen LogP contribution in [0.1, 0.15) is 46.2 Å². The maximum absolute atomic E-state index is 6.26. The van der Waals surface area contributed by atoms with E-state index in [-0.39, 0.29) is 5.41 Å². The number of nitrogens with zero attached hydrogens (tertiary/aromatic N) is 2. The molecule has 32 heavy (non-hydrogen) atoms. The lowest BCUT2D eigenvalue weighted by molar-refractivity contribution is 0.0281. The normalized spacial score (nSPS) is 17.3. The Hall–Kier alpha value is -1.69. The molecule has 1 aliphatic heterocycles. The molecule has 4 nitrogen and oxygen atoms in total. The van der Waals surface area contributed by atoms with Crippen molar-refractivity contribution in [2.75, 3.05) is 50.6 Å². The fraction of sp³-hybridized carbons (Fsp3) is 0.556. The third kappa shape index (κ3) is 6.43. The van der Waals surface area contributed by atoms with Crippen LogP contribution in [0.3, 0.4) is 0 Å². The maximum Gasteiger partial charge on any atom is 0.119 e. The van der Waals surface area contributed by atoms with Crippen molar-refractivity contribution in [2.45, 2.75) is 51.6 Å². The largest absolute Gasteiger partial charge is 0.497 e. The molecule has 5 heteroatoms. The number of para-hydroxylation sites is 1. The second-order valence-corrected chi connectivity index (χ2v) is 10.7. The summed E-state index contributed by atoms with van der Waals surface area (Å²) in [5, 5.41) is 0. The summed E-state index contributed by atoms with van der Waals surface area (Å²) in [5.74, 6) is 1.94. The van der Waals surface area contributed by atoms with E-state index < -0.39 is 0 Å². The Kier molecular flexibility index (Phi) is 8.92. The van der Waals surface area contributed by atoms with E-state index in [0.29, 0.717) is 12.1 Å². The van der Waals surface area contributed by atoms with E-state index in [9.17, 15) is 0 Å². The van der Waals surface area contributed by atoms with Crippen LogP contribution in [0.4, 0.5) is 5.69 Å². The molecule has 0 aromatic heterocycles. The number of fused-ring (bicyclic) bond motifs is 1. The number of hydrogen-bond donors (Lipinski definition) is 0. The molecule has 0 saturated heterocycles. The lowest BCUT2D eigenvalue weighted by Crippen LogP contribution is -2.49. The highest BCUT2D eigenvalue weighted by molar-refractivity contribution is 7.99. The molecule has 2 atom stereocenters. The lowest BCUT2D eigenvalue weighted by atomic mass is 9.99. The van der Waals surface area contributed by atoms with Gasteiger partial charge in [0, 0.05) is 17.2 Å². The SMILES string of the molecule is CCN(CC)C(COCC(C)(C)C)CN1c2ccccc2SCC1c1cccc(OC)c1. The Bertz CT molecular complexity index is 848. The van der Waals surface area contributed by atoms with Gasteiger partial charge in [-0.05, 0) is 48.3 Å². The van der Waals surface area contributed by atoms with Crippen molar-refractivity contribution in [1.82, 2.24) is 4.90 Å². The van der Waals surface area contributed by atoms with Crippen molar-refractivity contribution in [2.24, 2.45) is 5.41 Å². The lowest BCUT2D eigenvalue weighted by Gasteiger charge is -2.43. The van der Waals surface area contributed by atoms with Crippen LogP contribution in [0, 0.1) is 5.41 Å². The molecule has 0 saturated carbocycles. The van der Waals surface area contributed by atoms with E-state index in [1.54, 1.807) is 7.11 Å². The van der Waals surface area contributed by atoms with Gasteiger partial charge >= 0.3 is 0 Å². The third-order valence-corrected chi connectivity index (χ3v) is 7.15. The highest BCUT2D eigenvalue weighted by Crippen LogP contribution is 2.43. The van der Waals surface area contributed by atoms with Crippen LogP contribution in [0.5, 0.6) is 5.75 Å². The van der Waals surface area contributed by atoms with E-state index in [1.165, 1.54) is 16.1 Å². The van der Waals surface area contributed by atoms with Gasteiger partial charge in [-0.1, -0.05) is 58.9 Å². The topological polar surface area (TPSA) is 24.9 Å². The number of ether oxygens (including phenoxy) is 2. The molecule has 1 heterocycles. The zero-order valence-electron chi connectivity index (χ0n) is 20.6. The summed E-state index contributed by atoms with van der Waals surface area (Å²) in [6.45, 7) is 15.7. The molecule has 0 radical (unpaired) electrons. The Labute approximate surface area is 199 Å². The van der Waals surface area contributed by atoms with Gasteiger partial charge < -0.3 is 14.4 Å². The molecule has 0 amide bonds. The number of likely N-dealkylation sites (N-methyl/N-ethyl adjacent to an activating group) is 1.